The molecule has 8 rings (SSSR count). The number of benzene rings is 5. The molecule has 0 saturated carbocycles. The Bertz CT molecular complexity index is 1980. The van der Waals surface area contributed by atoms with E-state index in [1.165, 1.54) is 0 Å². The first-order chi connectivity index (χ1) is 20.3. The van der Waals surface area contributed by atoms with E-state index in [-0.39, 0.29) is 0 Å². The predicted molar refractivity (Wildman–Crippen MR) is 165 cm³/mol. The Labute approximate surface area is 237 Å². The van der Waals surface area contributed by atoms with Gasteiger partial charge in [-0.25, -0.2) is 19.9 Å². The van der Waals surface area contributed by atoms with Crippen LogP contribution in [-0.4, -0.2) is 19.9 Å². The minimum absolute atomic E-state index is 0.662. The summed E-state index contributed by atoms with van der Waals surface area (Å²) in [6.07, 6.45) is 1.65. The number of aromatic nitrogens is 4. The topological polar surface area (TPSA) is 54.8 Å². The van der Waals surface area contributed by atoms with Gasteiger partial charge in [0.25, 0.3) is 0 Å². The van der Waals surface area contributed by atoms with E-state index < -0.39 is 0 Å². The maximum Gasteiger partial charge on any atom is 0.162 e. The molecule has 0 amide bonds. The summed E-state index contributed by atoms with van der Waals surface area (Å²) in [5.41, 5.74) is 9.25. The lowest BCUT2D eigenvalue weighted by molar-refractivity contribution is 1.08. The highest BCUT2D eigenvalue weighted by atomic mass is 15.3. The van der Waals surface area contributed by atoms with Crippen LogP contribution in [0.15, 0.2) is 140 Å². The summed E-state index contributed by atoms with van der Waals surface area (Å²) in [6.45, 7) is 0. The molecule has 3 heterocycles. The van der Waals surface area contributed by atoms with Gasteiger partial charge in [-0.15, -0.1) is 0 Å². The molecule has 192 valence electrons. The molecule has 2 aromatic heterocycles. The second-order valence-corrected chi connectivity index (χ2v) is 10.0. The van der Waals surface area contributed by atoms with Gasteiger partial charge in [0.1, 0.15) is 12.1 Å². The van der Waals surface area contributed by atoms with E-state index in [2.05, 4.69) is 83.8 Å². The molecule has 41 heavy (non-hydrogen) atoms. The van der Waals surface area contributed by atoms with Gasteiger partial charge in [-0.05, 0) is 34.9 Å². The third-order valence-corrected chi connectivity index (χ3v) is 7.52. The van der Waals surface area contributed by atoms with Crippen molar-refractivity contribution >= 4 is 28.2 Å². The average Bonchev–Trinajstić information content (AvgIpc) is 3.06. The van der Waals surface area contributed by atoms with Crippen LogP contribution in [-0.2, 0) is 0 Å². The van der Waals surface area contributed by atoms with Crippen molar-refractivity contribution in [1.82, 2.24) is 19.9 Å². The van der Waals surface area contributed by atoms with Crippen LogP contribution >= 0.6 is 0 Å². The van der Waals surface area contributed by atoms with Gasteiger partial charge in [-0.1, -0.05) is 109 Å². The zero-order chi connectivity index (χ0) is 27.2. The Morgan fingerprint density at radius 2 is 1.15 bits per heavy atom. The third kappa shape index (κ3) is 3.95. The minimum atomic E-state index is 0.662. The van der Waals surface area contributed by atoms with Crippen molar-refractivity contribution in [2.45, 2.75) is 0 Å². The summed E-state index contributed by atoms with van der Waals surface area (Å²) in [5, 5.41) is 1.01. The molecule has 0 bridgehead atoms. The molecule has 1 aliphatic heterocycles. The van der Waals surface area contributed by atoms with E-state index in [0.29, 0.717) is 5.82 Å². The monoisotopic (exact) mass is 525 g/mol. The van der Waals surface area contributed by atoms with Gasteiger partial charge in [-0.2, -0.15) is 0 Å². The molecule has 0 fully saturated rings. The molecule has 5 heteroatoms. The molecule has 7 aromatic rings. The number of hydrogen-bond acceptors (Lipinski definition) is 5. The van der Waals surface area contributed by atoms with Gasteiger partial charge in [0.05, 0.1) is 22.3 Å². The molecule has 0 radical (unpaired) electrons. The first kappa shape index (κ1) is 23.2. The fourth-order valence-electron chi connectivity index (χ4n) is 5.62. The maximum absolute atomic E-state index is 5.13. The van der Waals surface area contributed by atoms with E-state index in [4.69, 9.17) is 19.9 Å². The van der Waals surface area contributed by atoms with Crippen molar-refractivity contribution in [2.24, 2.45) is 0 Å². The van der Waals surface area contributed by atoms with Crippen LogP contribution in [0.3, 0.4) is 0 Å². The van der Waals surface area contributed by atoms with Crippen LogP contribution in [0.2, 0.25) is 0 Å². The quantitative estimate of drug-likeness (QED) is 0.230. The number of nitrogens with zero attached hydrogens (tertiary/aromatic N) is 5. The van der Waals surface area contributed by atoms with Crippen molar-refractivity contribution in [3.8, 4) is 44.9 Å². The van der Waals surface area contributed by atoms with Crippen molar-refractivity contribution < 1.29 is 0 Å². The van der Waals surface area contributed by atoms with Crippen LogP contribution in [0.4, 0.5) is 17.3 Å². The van der Waals surface area contributed by atoms with Gasteiger partial charge in [0.2, 0.25) is 0 Å². The van der Waals surface area contributed by atoms with Crippen molar-refractivity contribution in [2.75, 3.05) is 4.90 Å². The van der Waals surface area contributed by atoms with Gasteiger partial charge in [0.15, 0.2) is 11.6 Å². The summed E-state index contributed by atoms with van der Waals surface area (Å²) >= 11 is 0. The van der Waals surface area contributed by atoms with Gasteiger partial charge < -0.3 is 0 Å². The number of anilines is 3. The highest BCUT2D eigenvalue weighted by molar-refractivity contribution is 6.12. The molecule has 0 spiro atoms. The molecule has 1 aliphatic rings. The minimum Gasteiger partial charge on any atom is -0.278 e. The fourth-order valence-corrected chi connectivity index (χ4v) is 5.62. The van der Waals surface area contributed by atoms with Crippen LogP contribution in [0.5, 0.6) is 0 Å². The van der Waals surface area contributed by atoms with E-state index >= 15 is 0 Å². The largest absolute Gasteiger partial charge is 0.278 e. The Morgan fingerprint density at radius 1 is 0.488 bits per heavy atom. The van der Waals surface area contributed by atoms with Crippen molar-refractivity contribution in [1.29, 1.82) is 0 Å². The lowest BCUT2D eigenvalue weighted by atomic mass is 9.91. The first-order valence-corrected chi connectivity index (χ1v) is 13.6. The van der Waals surface area contributed by atoms with E-state index in [9.17, 15) is 0 Å². The molecular weight excluding hydrogens is 502 g/mol. The van der Waals surface area contributed by atoms with Gasteiger partial charge in [0, 0.05) is 22.8 Å². The summed E-state index contributed by atoms with van der Waals surface area (Å²) in [4.78, 5) is 21.9. The molecule has 0 atom stereocenters. The maximum atomic E-state index is 5.13. The summed E-state index contributed by atoms with van der Waals surface area (Å²) in [5.74, 6) is 2.22. The third-order valence-electron chi connectivity index (χ3n) is 7.52. The molecule has 5 nitrogen and oxygen atoms in total. The second-order valence-electron chi connectivity index (χ2n) is 10.0. The Balaban J connectivity index is 1.41. The molecule has 0 saturated heterocycles. The number of para-hydroxylation sites is 1. The molecule has 5 aromatic carbocycles. The predicted octanol–water partition coefficient (Wildman–Crippen LogP) is 8.87. The Morgan fingerprint density at radius 3 is 1.90 bits per heavy atom. The lowest BCUT2D eigenvalue weighted by Gasteiger charge is -2.31. The lowest BCUT2D eigenvalue weighted by Crippen LogP contribution is -2.18. The van der Waals surface area contributed by atoms with E-state index in [0.717, 1.165) is 67.3 Å². The fraction of sp³-hybridized carbons (Fsp3) is 0. The highest BCUT2D eigenvalue weighted by Gasteiger charge is 2.29. The zero-order valence-electron chi connectivity index (χ0n) is 22.0. The molecule has 0 aliphatic carbocycles. The normalized spacial score (nSPS) is 11.9. The SMILES string of the molecule is c1ccc(-c2cc3c4c(ncnc4c2)N(c2cc(-c4ccccc4)nc(-c4ccccc4)n2)c2ccccc2-3)cc1. The Kier molecular flexibility index (Phi) is 5.38. The van der Waals surface area contributed by atoms with E-state index in [1.54, 1.807) is 6.33 Å². The molecular formula is C36H23N5. The van der Waals surface area contributed by atoms with Gasteiger partial charge >= 0.3 is 0 Å². The summed E-state index contributed by atoms with van der Waals surface area (Å²) in [7, 11) is 0. The van der Waals surface area contributed by atoms with Crippen molar-refractivity contribution in [3.63, 3.8) is 0 Å². The second kappa shape index (κ2) is 9.50. The summed E-state index contributed by atoms with van der Waals surface area (Å²) in [6, 6.07) is 45.7. The molecule has 0 N–H and O–H groups in total. The zero-order valence-corrected chi connectivity index (χ0v) is 22.0. The summed E-state index contributed by atoms with van der Waals surface area (Å²) < 4.78 is 0. The standard InChI is InChI=1S/C36H23N5/c1-4-12-24(13-5-1)27-20-29-28-18-10-11-19-32(28)41(36-34(29)31(21-27)37-23-38-36)33-22-30(25-14-6-2-7-15-25)39-35(40-33)26-16-8-3-9-17-26/h1-23H. The van der Waals surface area contributed by atoms with Crippen LogP contribution < -0.4 is 4.90 Å². The average molecular weight is 526 g/mol. The van der Waals surface area contributed by atoms with E-state index in [1.807, 2.05) is 54.6 Å². The van der Waals surface area contributed by atoms with Crippen LogP contribution in [0, 0.1) is 0 Å². The van der Waals surface area contributed by atoms with Crippen LogP contribution in [0.1, 0.15) is 0 Å². The van der Waals surface area contributed by atoms with Crippen LogP contribution in [0.25, 0.3) is 55.8 Å². The molecule has 0 unspecified atom stereocenters. The van der Waals surface area contributed by atoms with Gasteiger partial charge in [-0.3, -0.25) is 4.90 Å². The Hall–Kier alpha value is -5.68. The first-order valence-electron chi connectivity index (χ1n) is 13.6. The highest BCUT2D eigenvalue weighted by Crippen LogP contribution is 2.50. The number of fused-ring (bicyclic) bond motifs is 2. The number of rotatable bonds is 4. The number of hydrogen-bond donors (Lipinski definition) is 0. The van der Waals surface area contributed by atoms with Crippen molar-refractivity contribution in [3.05, 3.63) is 140 Å². The smallest absolute Gasteiger partial charge is 0.162 e.